The zero-order valence-electron chi connectivity index (χ0n) is 10.8. The molecule has 1 aromatic carbocycles. The van der Waals surface area contributed by atoms with Gasteiger partial charge in [0.2, 0.25) is 10.0 Å². The maximum Gasteiger partial charge on any atom is 0.238 e. The monoisotopic (exact) mass is 293 g/mol. The molecule has 0 aromatic heterocycles. The van der Waals surface area contributed by atoms with Gasteiger partial charge in [-0.2, -0.15) is 0 Å². The Morgan fingerprint density at radius 1 is 1.26 bits per heavy atom. The lowest BCUT2D eigenvalue weighted by molar-refractivity contribution is 0.269. The van der Waals surface area contributed by atoms with Gasteiger partial charge in [0.05, 0.1) is 11.5 Å². The number of hydrogen-bond donors (Lipinski definition) is 1. The molecule has 108 valence electrons. The van der Waals surface area contributed by atoms with Crippen molar-refractivity contribution < 1.29 is 21.9 Å². The number of sulfonamides is 1. The summed E-state index contributed by atoms with van der Waals surface area (Å²) in [6.07, 6.45) is 1.53. The van der Waals surface area contributed by atoms with Crippen molar-refractivity contribution in [1.29, 1.82) is 0 Å². The number of halogens is 2. The quantitative estimate of drug-likeness (QED) is 0.819. The lowest BCUT2D eigenvalue weighted by atomic mass is 10.1. The molecule has 0 amide bonds. The first-order valence-electron chi connectivity index (χ1n) is 5.86. The Morgan fingerprint density at radius 3 is 2.21 bits per heavy atom. The highest BCUT2D eigenvalue weighted by Crippen LogP contribution is 2.25. The molecule has 0 aliphatic rings. The molecule has 2 N–H and O–H groups in total. The molecule has 19 heavy (non-hydrogen) atoms. The van der Waals surface area contributed by atoms with Crippen molar-refractivity contribution in [2.75, 3.05) is 6.61 Å². The van der Waals surface area contributed by atoms with Crippen molar-refractivity contribution in [2.45, 2.75) is 31.6 Å². The van der Waals surface area contributed by atoms with Crippen LogP contribution in [-0.4, -0.2) is 15.0 Å². The molecule has 0 aliphatic carbocycles. The van der Waals surface area contributed by atoms with E-state index < -0.39 is 32.3 Å². The molecule has 0 spiro atoms. The van der Waals surface area contributed by atoms with E-state index >= 15 is 0 Å². The standard InChI is InChI=1S/C12H17F2NO3S/c1-8(2)4-3-5-18-12-10(13)6-9(7-11(12)14)19(15,16)17/h6-8H,3-5H2,1-2H3,(H2,15,16,17). The Kier molecular flexibility index (Phi) is 5.25. The van der Waals surface area contributed by atoms with Gasteiger partial charge >= 0.3 is 0 Å². The molecular formula is C12H17F2NO3S. The minimum Gasteiger partial charge on any atom is -0.488 e. The Balaban J connectivity index is 2.81. The van der Waals surface area contributed by atoms with Crippen LogP contribution in [0.15, 0.2) is 17.0 Å². The summed E-state index contributed by atoms with van der Waals surface area (Å²) >= 11 is 0. The Labute approximate surface area is 111 Å². The molecule has 0 saturated carbocycles. The highest BCUT2D eigenvalue weighted by molar-refractivity contribution is 7.89. The second kappa shape index (κ2) is 6.29. The van der Waals surface area contributed by atoms with Gasteiger partial charge in [0, 0.05) is 0 Å². The van der Waals surface area contributed by atoms with Gasteiger partial charge in [-0.25, -0.2) is 22.3 Å². The van der Waals surface area contributed by atoms with Gasteiger partial charge < -0.3 is 4.74 Å². The first-order valence-corrected chi connectivity index (χ1v) is 7.41. The summed E-state index contributed by atoms with van der Waals surface area (Å²) in [7, 11) is -4.14. The average molecular weight is 293 g/mol. The number of benzene rings is 1. The fraction of sp³-hybridized carbons (Fsp3) is 0.500. The van der Waals surface area contributed by atoms with Crippen molar-refractivity contribution in [1.82, 2.24) is 0 Å². The molecule has 7 heteroatoms. The van der Waals surface area contributed by atoms with Crippen molar-refractivity contribution in [2.24, 2.45) is 11.1 Å². The van der Waals surface area contributed by atoms with E-state index in [1.165, 1.54) is 0 Å². The van der Waals surface area contributed by atoms with Crippen LogP contribution in [0, 0.1) is 17.6 Å². The van der Waals surface area contributed by atoms with E-state index in [2.05, 4.69) is 0 Å². The van der Waals surface area contributed by atoms with Gasteiger partial charge in [-0.15, -0.1) is 0 Å². The van der Waals surface area contributed by atoms with E-state index in [1.807, 2.05) is 13.8 Å². The Morgan fingerprint density at radius 2 is 1.79 bits per heavy atom. The molecule has 1 aromatic rings. The van der Waals surface area contributed by atoms with Crippen LogP contribution in [0.4, 0.5) is 8.78 Å². The number of ether oxygens (including phenoxy) is 1. The highest BCUT2D eigenvalue weighted by atomic mass is 32.2. The van der Waals surface area contributed by atoms with Gasteiger partial charge in [0.25, 0.3) is 0 Å². The number of primary sulfonamides is 1. The van der Waals surface area contributed by atoms with Crippen LogP contribution in [0.2, 0.25) is 0 Å². The number of rotatable bonds is 6. The van der Waals surface area contributed by atoms with E-state index in [9.17, 15) is 17.2 Å². The first-order chi connectivity index (χ1) is 8.71. The average Bonchev–Trinajstić information content (AvgIpc) is 2.25. The molecular weight excluding hydrogens is 276 g/mol. The predicted octanol–water partition coefficient (Wildman–Crippen LogP) is 2.43. The van der Waals surface area contributed by atoms with Crippen LogP contribution in [0.3, 0.4) is 0 Å². The lowest BCUT2D eigenvalue weighted by Crippen LogP contribution is -2.13. The zero-order valence-corrected chi connectivity index (χ0v) is 11.6. The second-order valence-electron chi connectivity index (χ2n) is 4.65. The summed E-state index contributed by atoms with van der Waals surface area (Å²) in [5.41, 5.74) is 0. The maximum absolute atomic E-state index is 13.5. The molecule has 0 aliphatic heterocycles. The Hall–Kier alpha value is -1.21. The van der Waals surface area contributed by atoms with E-state index in [4.69, 9.17) is 9.88 Å². The summed E-state index contributed by atoms with van der Waals surface area (Å²) < 4.78 is 54.1. The summed E-state index contributed by atoms with van der Waals surface area (Å²) in [5, 5.41) is 4.80. The molecule has 4 nitrogen and oxygen atoms in total. The third-order valence-corrected chi connectivity index (χ3v) is 3.37. The summed E-state index contributed by atoms with van der Waals surface area (Å²) in [5.74, 6) is -2.25. The Bertz CT molecular complexity index is 521. The first kappa shape index (κ1) is 15.8. The third kappa shape index (κ3) is 4.76. The van der Waals surface area contributed by atoms with Crippen LogP contribution in [-0.2, 0) is 10.0 Å². The maximum atomic E-state index is 13.5. The van der Waals surface area contributed by atoms with E-state index in [-0.39, 0.29) is 6.61 Å². The van der Waals surface area contributed by atoms with Crippen LogP contribution >= 0.6 is 0 Å². The van der Waals surface area contributed by atoms with Crippen molar-refractivity contribution in [3.05, 3.63) is 23.8 Å². The summed E-state index contributed by atoms with van der Waals surface area (Å²) in [6, 6.07) is 1.30. The van der Waals surface area contributed by atoms with Crippen LogP contribution < -0.4 is 9.88 Å². The summed E-state index contributed by atoms with van der Waals surface area (Å²) in [4.78, 5) is -0.614. The summed E-state index contributed by atoms with van der Waals surface area (Å²) in [6.45, 7) is 4.23. The normalized spacial score (nSPS) is 11.9. The molecule has 0 unspecified atom stereocenters. The van der Waals surface area contributed by atoms with Crippen molar-refractivity contribution >= 4 is 10.0 Å². The van der Waals surface area contributed by atoms with Crippen LogP contribution in [0.1, 0.15) is 26.7 Å². The molecule has 0 radical (unpaired) electrons. The number of nitrogens with two attached hydrogens (primary N) is 1. The van der Waals surface area contributed by atoms with Crippen LogP contribution in [0.25, 0.3) is 0 Å². The minimum absolute atomic E-state index is 0.167. The van der Waals surface area contributed by atoms with E-state index in [1.54, 1.807) is 0 Å². The van der Waals surface area contributed by atoms with Gasteiger partial charge in [0.1, 0.15) is 0 Å². The highest BCUT2D eigenvalue weighted by Gasteiger charge is 2.17. The predicted molar refractivity (Wildman–Crippen MR) is 67.3 cm³/mol. The van der Waals surface area contributed by atoms with E-state index in [0.29, 0.717) is 24.5 Å². The van der Waals surface area contributed by atoms with Gasteiger partial charge in [-0.3, -0.25) is 0 Å². The minimum atomic E-state index is -4.14. The molecule has 0 heterocycles. The van der Waals surface area contributed by atoms with Gasteiger partial charge in [0.15, 0.2) is 17.4 Å². The van der Waals surface area contributed by atoms with Crippen molar-refractivity contribution in [3.8, 4) is 5.75 Å². The van der Waals surface area contributed by atoms with Crippen LogP contribution in [0.5, 0.6) is 5.75 Å². The molecule has 0 bridgehead atoms. The lowest BCUT2D eigenvalue weighted by Gasteiger charge is -2.10. The molecule has 0 saturated heterocycles. The fourth-order valence-corrected chi connectivity index (χ4v) is 2.04. The molecule has 1 rings (SSSR count). The van der Waals surface area contributed by atoms with E-state index in [0.717, 1.165) is 6.42 Å². The third-order valence-electron chi connectivity index (χ3n) is 2.47. The smallest absolute Gasteiger partial charge is 0.238 e. The zero-order chi connectivity index (χ0) is 14.6. The largest absolute Gasteiger partial charge is 0.488 e. The topological polar surface area (TPSA) is 69.4 Å². The van der Waals surface area contributed by atoms with Crippen molar-refractivity contribution in [3.63, 3.8) is 0 Å². The number of hydrogen-bond acceptors (Lipinski definition) is 3. The second-order valence-corrected chi connectivity index (χ2v) is 6.21. The van der Waals surface area contributed by atoms with Gasteiger partial charge in [-0.1, -0.05) is 13.8 Å². The fourth-order valence-electron chi connectivity index (χ4n) is 1.50. The SMILES string of the molecule is CC(C)CCCOc1c(F)cc(S(N)(=O)=O)cc1F. The van der Waals surface area contributed by atoms with Gasteiger partial charge in [-0.05, 0) is 30.9 Å². The molecule has 0 atom stereocenters. The molecule has 0 fully saturated rings.